The topological polar surface area (TPSA) is 125 Å². The van der Waals surface area contributed by atoms with E-state index >= 15 is 0 Å². The zero-order valence-corrected chi connectivity index (χ0v) is 21.4. The van der Waals surface area contributed by atoms with Gasteiger partial charge in [-0.15, -0.1) is 11.8 Å². The highest BCUT2D eigenvalue weighted by molar-refractivity contribution is 8.00. The van der Waals surface area contributed by atoms with Gasteiger partial charge in [-0.1, -0.05) is 31.4 Å². The standard InChI is InChI=1S/C25H35N3O6S/c1-25(2,3)34-23(32)19-15-35-22(17-9-5-4-6-10-17)28(19)20(29)14-26-24(33)27-18-11-7-8-16(12-18)13-21(30)31/h7-8,11-12,17,19,22H,4-6,9-10,13-15H2,1-3H3,(H,30,31)(H2,26,27,33)/t19-,22+/m0/s1. The number of carboxylic acids is 1. The van der Waals surface area contributed by atoms with E-state index in [9.17, 15) is 19.2 Å². The predicted molar refractivity (Wildman–Crippen MR) is 134 cm³/mol. The van der Waals surface area contributed by atoms with Crippen LogP contribution >= 0.6 is 11.8 Å². The van der Waals surface area contributed by atoms with Gasteiger partial charge >= 0.3 is 18.0 Å². The molecule has 1 saturated heterocycles. The van der Waals surface area contributed by atoms with Crippen molar-refractivity contribution in [1.29, 1.82) is 0 Å². The summed E-state index contributed by atoms with van der Waals surface area (Å²) in [5, 5.41) is 14.0. The Balaban J connectivity index is 1.65. The van der Waals surface area contributed by atoms with E-state index in [1.165, 1.54) is 6.42 Å². The number of benzene rings is 1. The van der Waals surface area contributed by atoms with Crippen molar-refractivity contribution in [2.24, 2.45) is 5.92 Å². The van der Waals surface area contributed by atoms with Gasteiger partial charge < -0.3 is 25.4 Å². The van der Waals surface area contributed by atoms with Crippen molar-refractivity contribution in [3.8, 4) is 0 Å². The Hall–Kier alpha value is -2.75. The van der Waals surface area contributed by atoms with Gasteiger partial charge in [0.1, 0.15) is 11.6 Å². The van der Waals surface area contributed by atoms with Crippen molar-refractivity contribution in [2.45, 2.75) is 76.3 Å². The van der Waals surface area contributed by atoms with Crippen LogP contribution < -0.4 is 10.6 Å². The lowest BCUT2D eigenvalue weighted by Crippen LogP contribution is -2.52. The Labute approximate surface area is 210 Å². The Morgan fingerprint density at radius 2 is 1.86 bits per heavy atom. The fourth-order valence-corrected chi connectivity index (χ4v) is 6.18. The van der Waals surface area contributed by atoms with Crippen LogP contribution in [0.5, 0.6) is 0 Å². The number of carboxylic acid groups (broad SMARTS) is 1. The maximum Gasteiger partial charge on any atom is 0.330 e. The fraction of sp³-hybridized carbons (Fsp3) is 0.600. The van der Waals surface area contributed by atoms with Crippen molar-refractivity contribution < 1.29 is 29.0 Å². The van der Waals surface area contributed by atoms with Crippen LogP contribution in [0.2, 0.25) is 0 Å². The number of urea groups is 1. The maximum atomic E-state index is 13.3. The minimum Gasteiger partial charge on any atom is -0.481 e. The third-order valence-corrected chi connectivity index (χ3v) is 7.46. The summed E-state index contributed by atoms with van der Waals surface area (Å²) in [5.41, 5.74) is 0.320. The average Bonchev–Trinajstić information content (AvgIpc) is 3.22. The highest BCUT2D eigenvalue weighted by Gasteiger charge is 2.46. The van der Waals surface area contributed by atoms with E-state index in [0.717, 1.165) is 25.7 Å². The normalized spacial score (nSPS) is 20.8. The molecule has 192 valence electrons. The fourth-order valence-electron chi connectivity index (χ4n) is 4.53. The van der Waals surface area contributed by atoms with Crippen molar-refractivity contribution in [2.75, 3.05) is 17.6 Å². The predicted octanol–water partition coefficient (Wildman–Crippen LogP) is 3.63. The van der Waals surface area contributed by atoms with Gasteiger partial charge in [0, 0.05) is 11.4 Å². The number of nitrogens with one attached hydrogen (secondary N) is 2. The first-order valence-electron chi connectivity index (χ1n) is 12.0. The number of thioether (sulfide) groups is 1. The molecular formula is C25H35N3O6S. The molecule has 1 aromatic rings. The highest BCUT2D eigenvalue weighted by atomic mass is 32.2. The van der Waals surface area contributed by atoms with E-state index in [2.05, 4.69) is 10.6 Å². The number of esters is 1. The minimum absolute atomic E-state index is 0.113. The lowest BCUT2D eigenvalue weighted by Gasteiger charge is -2.36. The first-order valence-corrected chi connectivity index (χ1v) is 13.1. The summed E-state index contributed by atoms with van der Waals surface area (Å²) < 4.78 is 5.59. The molecule has 9 nitrogen and oxygen atoms in total. The molecule has 10 heteroatoms. The van der Waals surface area contributed by atoms with Gasteiger partial charge in [0.2, 0.25) is 5.91 Å². The Kier molecular flexibility index (Phi) is 9.04. The number of hydrogen-bond donors (Lipinski definition) is 3. The lowest BCUT2D eigenvalue weighted by molar-refractivity contribution is -0.164. The summed E-state index contributed by atoms with van der Waals surface area (Å²) in [6.45, 7) is 5.14. The average molecular weight is 506 g/mol. The largest absolute Gasteiger partial charge is 0.481 e. The van der Waals surface area contributed by atoms with Crippen molar-refractivity contribution in [1.82, 2.24) is 10.2 Å². The zero-order valence-electron chi connectivity index (χ0n) is 20.5. The number of amides is 3. The first kappa shape index (κ1) is 26.8. The monoisotopic (exact) mass is 505 g/mol. The van der Waals surface area contributed by atoms with E-state index < -0.39 is 29.6 Å². The molecule has 0 spiro atoms. The maximum absolute atomic E-state index is 13.3. The minimum atomic E-state index is -0.965. The van der Waals surface area contributed by atoms with Crippen LogP contribution in [0.15, 0.2) is 24.3 Å². The molecule has 1 aliphatic carbocycles. The summed E-state index contributed by atoms with van der Waals surface area (Å²) in [6, 6.07) is 5.26. The number of nitrogens with zero attached hydrogens (tertiary/aromatic N) is 1. The first-order chi connectivity index (χ1) is 16.5. The number of anilines is 1. The SMILES string of the molecule is CC(C)(C)OC(=O)[C@@H]1CS[C@H](C2CCCCC2)N1C(=O)CNC(=O)Nc1cccc(CC(=O)O)c1. The molecule has 3 N–H and O–H groups in total. The number of aliphatic carboxylic acids is 1. The summed E-state index contributed by atoms with van der Waals surface area (Å²) in [5.74, 6) is -0.916. The van der Waals surface area contributed by atoms with Crippen LogP contribution in [0, 0.1) is 5.92 Å². The second kappa shape index (κ2) is 11.8. The number of carbonyl (C=O) groups is 4. The Morgan fingerprint density at radius 3 is 2.51 bits per heavy atom. The summed E-state index contributed by atoms with van der Waals surface area (Å²) >= 11 is 1.62. The van der Waals surface area contributed by atoms with E-state index in [-0.39, 0.29) is 24.2 Å². The van der Waals surface area contributed by atoms with Gasteiger partial charge in [-0.2, -0.15) is 0 Å². The summed E-state index contributed by atoms with van der Waals surface area (Å²) in [7, 11) is 0. The third kappa shape index (κ3) is 7.88. The smallest absolute Gasteiger partial charge is 0.330 e. The molecule has 2 fully saturated rings. The number of ether oxygens (including phenoxy) is 1. The Bertz CT molecular complexity index is 941. The van der Waals surface area contributed by atoms with E-state index in [1.807, 2.05) is 0 Å². The molecule has 3 amide bonds. The molecule has 0 radical (unpaired) electrons. The zero-order chi connectivity index (χ0) is 25.6. The van der Waals surface area contributed by atoms with E-state index in [4.69, 9.17) is 9.84 Å². The molecule has 2 atom stereocenters. The van der Waals surface area contributed by atoms with Gasteiger partial charge in [0.05, 0.1) is 18.3 Å². The van der Waals surface area contributed by atoms with E-state index in [0.29, 0.717) is 22.9 Å². The molecular weight excluding hydrogens is 470 g/mol. The molecule has 1 saturated carbocycles. The second-order valence-corrected chi connectivity index (χ2v) is 11.2. The number of rotatable bonds is 7. The summed E-state index contributed by atoms with van der Waals surface area (Å²) in [6.07, 6.45) is 5.29. The Morgan fingerprint density at radius 1 is 1.14 bits per heavy atom. The van der Waals surface area contributed by atoms with Gasteiger partial charge in [0.25, 0.3) is 0 Å². The number of carbonyl (C=O) groups excluding carboxylic acids is 3. The molecule has 0 unspecified atom stereocenters. The van der Waals surface area contributed by atoms with Crippen LogP contribution in [0.4, 0.5) is 10.5 Å². The van der Waals surface area contributed by atoms with Crippen LogP contribution in [0.25, 0.3) is 0 Å². The molecule has 1 heterocycles. The van der Waals surface area contributed by atoms with Gasteiger partial charge in [0.15, 0.2) is 0 Å². The van der Waals surface area contributed by atoms with Crippen molar-refractivity contribution >= 4 is 41.3 Å². The number of hydrogen-bond acceptors (Lipinski definition) is 6. The van der Waals surface area contributed by atoms with Crippen LogP contribution in [-0.4, -0.2) is 63.2 Å². The molecule has 1 aliphatic heterocycles. The van der Waals surface area contributed by atoms with Crippen LogP contribution in [0.3, 0.4) is 0 Å². The highest BCUT2D eigenvalue weighted by Crippen LogP contribution is 2.41. The van der Waals surface area contributed by atoms with Gasteiger partial charge in [-0.05, 0) is 57.2 Å². The molecule has 35 heavy (non-hydrogen) atoms. The van der Waals surface area contributed by atoms with Crippen molar-refractivity contribution in [3.05, 3.63) is 29.8 Å². The van der Waals surface area contributed by atoms with Crippen molar-refractivity contribution in [3.63, 3.8) is 0 Å². The molecule has 1 aromatic carbocycles. The second-order valence-electron chi connectivity index (χ2n) is 10.1. The summed E-state index contributed by atoms with van der Waals surface area (Å²) in [4.78, 5) is 51.2. The quantitative estimate of drug-likeness (QED) is 0.483. The molecule has 0 aromatic heterocycles. The molecule has 2 aliphatic rings. The van der Waals surface area contributed by atoms with Gasteiger partial charge in [-0.3, -0.25) is 9.59 Å². The molecule has 0 bridgehead atoms. The van der Waals surface area contributed by atoms with Gasteiger partial charge in [-0.25, -0.2) is 9.59 Å². The third-order valence-electron chi connectivity index (χ3n) is 6.00. The molecule has 3 rings (SSSR count). The van der Waals surface area contributed by atoms with Crippen LogP contribution in [0.1, 0.15) is 58.4 Å². The van der Waals surface area contributed by atoms with E-state index in [1.54, 1.807) is 61.7 Å². The lowest BCUT2D eigenvalue weighted by atomic mass is 9.88. The van der Waals surface area contributed by atoms with Crippen LogP contribution in [-0.2, 0) is 25.5 Å².